The van der Waals surface area contributed by atoms with Gasteiger partial charge < -0.3 is 5.32 Å². The molecule has 0 saturated heterocycles. The maximum absolute atomic E-state index is 12.1. The van der Waals surface area contributed by atoms with Gasteiger partial charge in [0.1, 0.15) is 0 Å². The predicted molar refractivity (Wildman–Crippen MR) is 84.4 cm³/mol. The molecule has 0 aliphatic carbocycles. The Labute approximate surface area is 130 Å². The molecule has 2 heterocycles. The summed E-state index contributed by atoms with van der Waals surface area (Å²) in [6, 6.07) is 1.55. The molecule has 0 aliphatic rings. The molecule has 0 radical (unpaired) electrons. The van der Waals surface area contributed by atoms with E-state index in [0.29, 0.717) is 5.95 Å². The van der Waals surface area contributed by atoms with E-state index in [4.69, 9.17) is 0 Å². The number of hydrogen-bond acceptors (Lipinski definition) is 5. The van der Waals surface area contributed by atoms with Gasteiger partial charge in [0.2, 0.25) is 11.9 Å². The van der Waals surface area contributed by atoms with Gasteiger partial charge in [-0.3, -0.25) is 14.8 Å². The van der Waals surface area contributed by atoms with E-state index in [-0.39, 0.29) is 24.0 Å². The van der Waals surface area contributed by atoms with Gasteiger partial charge in [0.05, 0.1) is 18.3 Å². The third kappa shape index (κ3) is 4.11. The average Bonchev–Trinajstić information content (AvgIpc) is 2.93. The summed E-state index contributed by atoms with van der Waals surface area (Å²) in [5.74, 6) is 0.145. The first kappa shape index (κ1) is 16.1. The topological polar surface area (TPSA) is 84.7 Å². The summed E-state index contributed by atoms with van der Waals surface area (Å²) in [5, 5.41) is 10.3. The molecule has 7 heteroatoms. The van der Waals surface area contributed by atoms with Crippen LogP contribution in [0.25, 0.3) is 0 Å². The summed E-state index contributed by atoms with van der Waals surface area (Å²) in [5.41, 5.74) is 1.12. The Kier molecular flexibility index (Phi) is 5.21. The molecule has 22 heavy (non-hydrogen) atoms. The van der Waals surface area contributed by atoms with Crippen LogP contribution in [0.1, 0.15) is 32.4 Å². The Morgan fingerprint density at radius 1 is 1.23 bits per heavy atom. The zero-order valence-electron chi connectivity index (χ0n) is 13.3. The quantitative estimate of drug-likeness (QED) is 0.845. The Morgan fingerprint density at radius 3 is 2.50 bits per heavy atom. The maximum Gasteiger partial charge on any atom is 0.243 e. The first-order valence-corrected chi connectivity index (χ1v) is 7.32. The van der Waals surface area contributed by atoms with Crippen molar-refractivity contribution >= 4 is 11.9 Å². The summed E-state index contributed by atoms with van der Waals surface area (Å²) in [6.45, 7) is 7.92. The number of aromatic nitrogens is 4. The first-order chi connectivity index (χ1) is 10.5. The highest BCUT2D eigenvalue weighted by Gasteiger charge is 2.21. The fraction of sp³-hybridized carbons (Fsp3) is 0.467. The predicted octanol–water partition coefficient (Wildman–Crippen LogP) is 1.55. The lowest BCUT2D eigenvalue weighted by atomic mass is 10.1. The molecule has 0 aliphatic heterocycles. The molecule has 3 atom stereocenters. The highest BCUT2D eigenvalue weighted by atomic mass is 16.2. The Hall–Kier alpha value is -2.28. The highest BCUT2D eigenvalue weighted by Crippen LogP contribution is 2.11. The minimum atomic E-state index is -0.363. The summed E-state index contributed by atoms with van der Waals surface area (Å²) >= 11 is 0. The van der Waals surface area contributed by atoms with Crippen LogP contribution < -0.4 is 10.6 Å². The molecule has 0 spiro atoms. The molecule has 0 bridgehead atoms. The summed E-state index contributed by atoms with van der Waals surface area (Å²) in [6.07, 6.45) is 6.99. The molecule has 3 unspecified atom stereocenters. The van der Waals surface area contributed by atoms with E-state index in [1.54, 1.807) is 18.5 Å². The smallest absolute Gasteiger partial charge is 0.243 e. The molecule has 2 N–H and O–H groups in total. The third-order valence-corrected chi connectivity index (χ3v) is 3.58. The van der Waals surface area contributed by atoms with E-state index in [1.165, 1.54) is 0 Å². The van der Waals surface area contributed by atoms with Gasteiger partial charge in [0, 0.05) is 24.6 Å². The van der Waals surface area contributed by atoms with Crippen LogP contribution >= 0.6 is 0 Å². The first-order valence-electron chi connectivity index (χ1n) is 7.32. The number of nitrogens with zero attached hydrogens (tertiary/aromatic N) is 4. The van der Waals surface area contributed by atoms with Crippen LogP contribution in [0.4, 0.5) is 5.95 Å². The van der Waals surface area contributed by atoms with Crippen molar-refractivity contribution in [1.29, 1.82) is 0 Å². The van der Waals surface area contributed by atoms with Crippen LogP contribution in [-0.4, -0.2) is 37.7 Å². The van der Waals surface area contributed by atoms with Gasteiger partial charge in [0.25, 0.3) is 0 Å². The van der Waals surface area contributed by atoms with Crippen molar-refractivity contribution in [1.82, 2.24) is 25.1 Å². The molecule has 118 valence electrons. The zero-order valence-corrected chi connectivity index (χ0v) is 13.3. The number of nitrogens with one attached hydrogen (secondary N) is 2. The van der Waals surface area contributed by atoms with Gasteiger partial charge in [-0.1, -0.05) is 0 Å². The monoisotopic (exact) mass is 302 g/mol. The van der Waals surface area contributed by atoms with Crippen LogP contribution in [0.3, 0.4) is 0 Å². The van der Waals surface area contributed by atoms with E-state index in [9.17, 15) is 4.79 Å². The Morgan fingerprint density at radius 2 is 1.91 bits per heavy atom. The molecule has 2 aromatic rings. The average molecular weight is 302 g/mol. The number of aryl methyl sites for hydroxylation is 1. The van der Waals surface area contributed by atoms with E-state index in [0.717, 1.165) is 5.56 Å². The fourth-order valence-corrected chi connectivity index (χ4v) is 2.08. The van der Waals surface area contributed by atoms with Gasteiger partial charge in [-0.2, -0.15) is 5.10 Å². The largest absolute Gasteiger partial charge is 0.301 e. The lowest BCUT2D eigenvalue weighted by molar-refractivity contribution is -0.118. The molecular weight excluding hydrogens is 280 g/mol. The van der Waals surface area contributed by atoms with Crippen LogP contribution in [-0.2, 0) is 4.79 Å². The van der Waals surface area contributed by atoms with Crippen LogP contribution in [0.2, 0.25) is 0 Å². The van der Waals surface area contributed by atoms with Crippen molar-refractivity contribution in [3.8, 4) is 0 Å². The number of amides is 1. The van der Waals surface area contributed by atoms with Crippen LogP contribution in [0.15, 0.2) is 30.9 Å². The van der Waals surface area contributed by atoms with Gasteiger partial charge >= 0.3 is 0 Å². The second-order valence-corrected chi connectivity index (χ2v) is 5.48. The minimum Gasteiger partial charge on any atom is -0.301 e. The number of hydrogen-bond donors (Lipinski definition) is 2. The number of anilines is 1. The maximum atomic E-state index is 12.1. The van der Waals surface area contributed by atoms with Crippen LogP contribution in [0, 0.1) is 6.92 Å². The lowest BCUT2D eigenvalue weighted by Crippen LogP contribution is -2.45. The Bertz CT molecular complexity index is 612. The second-order valence-electron chi connectivity index (χ2n) is 5.48. The van der Waals surface area contributed by atoms with Gasteiger partial charge in [0.15, 0.2) is 0 Å². The van der Waals surface area contributed by atoms with E-state index >= 15 is 0 Å². The summed E-state index contributed by atoms with van der Waals surface area (Å²) in [4.78, 5) is 20.1. The molecule has 1 amide bonds. The molecule has 0 aromatic carbocycles. The number of carbonyl (C=O) groups excluding carboxylic acids is 1. The molecule has 7 nitrogen and oxygen atoms in total. The van der Waals surface area contributed by atoms with E-state index in [1.807, 2.05) is 37.8 Å². The van der Waals surface area contributed by atoms with Crippen molar-refractivity contribution in [2.45, 2.75) is 45.8 Å². The van der Waals surface area contributed by atoms with Crippen LogP contribution in [0.5, 0.6) is 0 Å². The molecule has 0 saturated carbocycles. The van der Waals surface area contributed by atoms with Gasteiger partial charge in [-0.05, 0) is 39.3 Å². The van der Waals surface area contributed by atoms with Crippen molar-refractivity contribution in [3.05, 3.63) is 36.4 Å². The van der Waals surface area contributed by atoms with Gasteiger partial charge in [-0.25, -0.2) is 9.97 Å². The Balaban J connectivity index is 1.90. The van der Waals surface area contributed by atoms with Crippen molar-refractivity contribution in [2.75, 3.05) is 5.32 Å². The SMILES string of the molecule is Cc1cnn(C(C)C(C)NC(C)C(=O)Nc2ncccn2)c1. The third-order valence-electron chi connectivity index (χ3n) is 3.58. The second kappa shape index (κ2) is 7.13. The van der Waals surface area contributed by atoms with Gasteiger partial charge in [-0.15, -0.1) is 0 Å². The standard InChI is InChI=1S/C15H22N6O/c1-10-8-18-21(9-10)13(4)11(2)19-12(3)14(22)20-15-16-6-5-7-17-15/h5-9,11-13,19H,1-4H3,(H,16,17,20,22). The zero-order chi connectivity index (χ0) is 16.1. The van der Waals surface area contributed by atoms with Crippen molar-refractivity contribution < 1.29 is 4.79 Å². The number of carbonyl (C=O) groups is 1. The minimum absolute atomic E-state index is 0.0803. The molecule has 2 aromatic heterocycles. The lowest BCUT2D eigenvalue weighted by Gasteiger charge is -2.25. The molecule has 0 fully saturated rings. The summed E-state index contributed by atoms with van der Waals surface area (Å²) in [7, 11) is 0. The van der Waals surface area contributed by atoms with Crippen molar-refractivity contribution in [3.63, 3.8) is 0 Å². The number of rotatable bonds is 6. The fourth-order valence-electron chi connectivity index (χ4n) is 2.08. The molecular formula is C15H22N6O. The normalized spacial score (nSPS) is 15.1. The molecule has 2 rings (SSSR count). The highest BCUT2D eigenvalue weighted by molar-refractivity contribution is 5.93. The van der Waals surface area contributed by atoms with Crippen molar-refractivity contribution in [2.24, 2.45) is 0 Å². The van der Waals surface area contributed by atoms with E-state index in [2.05, 4.69) is 32.6 Å². The summed E-state index contributed by atoms with van der Waals surface area (Å²) < 4.78 is 1.90. The van der Waals surface area contributed by atoms with E-state index < -0.39 is 0 Å².